The fourth-order valence-corrected chi connectivity index (χ4v) is 1.86. The lowest BCUT2D eigenvalue weighted by Gasteiger charge is -2.15. The van der Waals surface area contributed by atoms with Gasteiger partial charge in [0, 0.05) is 12.6 Å². The summed E-state index contributed by atoms with van der Waals surface area (Å²) < 4.78 is 27.4. The average molecular weight is 288 g/mol. The van der Waals surface area contributed by atoms with E-state index in [2.05, 4.69) is 5.32 Å². The van der Waals surface area contributed by atoms with Gasteiger partial charge in [0.25, 0.3) is 0 Å². The van der Waals surface area contributed by atoms with E-state index in [-0.39, 0.29) is 11.5 Å². The summed E-state index contributed by atoms with van der Waals surface area (Å²) in [5.41, 5.74) is 0. The van der Waals surface area contributed by atoms with Gasteiger partial charge in [0.1, 0.15) is 18.5 Å². The summed E-state index contributed by atoms with van der Waals surface area (Å²) in [6.07, 6.45) is -0.625. The Balaban J connectivity index is 2.46. The third-order valence-corrected chi connectivity index (χ3v) is 3.29. The monoisotopic (exact) mass is 288 g/mol. The zero-order valence-corrected chi connectivity index (χ0v) is 11.9. The Morgan fingerprint density at radius 2 is 1.89 bits per heavy atom. The highest BCUT2D eigenvalue weighted by Gasteiger charge is 2.09. The summed E-state index contributed by atoms with van der Waals surface area (Å²) in [6.45, 7) is 4.54. The minimum atomic E-state index is -3.68. The van der Waals surface area contributed by atoms with Crippen molar-refractivity contribution in [3.63, 3.8) is 0 Å². The largest absolute Gasteiger partial charge is 0.491 e. The number of hydrogen-bond acceptors (Lipinski definition) is 5. The number of hydrogen-bond donors (Lipinski definition) is 3. The highest BCUT2D eigenvalue weighted by Crippen LogP contribution is 2.14. The number of benzene rings is 1. The molecule has 0 aliphatic heterocycles. The Bertz CT molecular complexity index is 485. The molecule has 0 radical (unpaired) electrons. The molecule has 1 aromatic rings. The summed E-state index contributed by atoms with van der Waals surface area (Å²) in [5.74, 6) is 0.482. The quantitative estimate of drug-likeness (QED) is 0.659. The van der Waals surface area contributed by atoms with Crippen molar-refractivity contribution in [1.29, 1.82) is 0 Å². The molecule has 0 aliphatic carbocycles. The van der Waals surface area contributed by atoms with Gasteiger partial charge in [-0.05, 0) is 24.3 Å². The summed E-state index contributed by atoms with van der Waals surface area (Å²) >= 11 is 0. The summed E-state index contributed by atoms with van der Waals surface area (Å²) in [7, 11) is -3.68. The molecule has 108 valence electrons. The molecule has 4 N–H and O–H groups in total. The van der Waals surface area contributed by atoms with E-state index >= 15 is 0 Å². The predicted molar refractivity (Wildman–Crippen MR) is 72.5 cm³/mol. The predicted octanol–water partition coefficient (Wildman–Crippen LogP) is 0.0717. The van der Waals surface area contributed by atoms with Crippen molar-refractivity contribution >= 4 is 10.0 Å². The van der Waals surface area contributed by atoms with Crippen molar-refractivity contribution in [3.8, 4) is 5.75 Å². The van der Waals surface area contributed by atoms with Gasteiger partial charge in [-0.1, -0.05) is 13.8 Å². The molecule has 0 fully saturated rings. The second-order valence-corrected chi connectivity index (χ2v) is 6.11. The SMILES string of the molecule is CC(C)NC[C@H](O)COc1ccc(S(N)(=O)=O)cc1. The van der Waals surface area contributed by atoms with E-state index in [4.69, 9.17) is 9.88 Å². The molecular weight excluding hydrogens is 268 g/mol. The van der Waals surface area contributed by atoms with E-state index in [1.807, 2.05) is 13.8 Å². The molecule has 0 amide bonds. The third kappa shape index (κ3) is 6.02. The first-order valence-corrected chi connectivity index (χ1v) is 7.51. The normalized spacial score (nSPS) is 13.5. The molecule has 0 saturated carbocycles. The van der Waals surface area contributed by atoms with E-state index in [0.29, 0.717) is 18.3 Å². The van der Waals surface area contributed by atoms with Crippen LogP contribution in [0.3, 0.4) is 0 Å². The van der Waals surface area contributed by atoms with Crippen LogP contribution in [0.4, 0.5) is 0 Å². The van der Waals surface area contributed by atoms with E-state index in [1.165, 1.54) is 24.3 Å². The van der Waals surface area contributed by atoms with Gasteiger partial charge < -0.3 is 15.2 Å². The second kappa shape index (κ2) is 6.85. The molecule has 0 spiro atoms. The van der Waals surface area contributed by atoms with Crippen LogP contribution in [0.2, 0.25) is 0 Å². The van der Waals surface area contributed by atoms with Crippen LogP contribution in [0.15, 0.2) is 29.2 Å². The fourth-order valence-electron chi connectivity index (χ4n) is 1.35. The van der Waals surface area contributed by atoms with Crippen LogP contribution in [0.1, 0.15) is 13.8 Å². The van der Waals surface area contributed by atoms with Crippen LogP contribution in [-0.4, -0.2) is 38.8 Å². The first kappa shape index (κ1) is 15.9. The Morgan fingerprint density at radius 1 is 1.32 bits per heavy atom. The number of aliphatic hydroxyl groups is 1. The van der Waals surface area contributed by atoms with Crippen molar-refractivity contribution in [1.82, 2.24) is 5.32 Å². The van der Waals surface area contributed by atoms with Gasteiger partial charge in [0.05, 0.1) is 4.90 Å². The number of nitrogens with one attached hydrogen (secondary N) is 1. The molecular formula is C12H20N2O4S. The number of primary sulfonamides is 1. The van der Waals surface area contributed by atoms with Gasteiger partial charge in [-0.15, -0.1) is 0 Å². The molecule has 0 bridgehead atoms. The highest BCUT2D eigenvalue weighted by atomic mass is 32.2. The van der Waals surface area contributed by atoms with Gasteiger partial charge in [0.15, 0.2) is 0 Å². The molecule has 19 heavy (non-hydrogen) atoms. The van der Waals surface area contributed by atoms with E-state index in [9.17, 15) is 13.5 Å². The van der Waals surface area contributed by atoms with Crippen LogP contribution < -0.4 is 15.2 Å². The smallest absolute Gasteiger partial charge is 0.238 e. The Kier molecular flexibility index (Phi) is 5.74. The highest BCUT2D eigenvalue weighted by molar-refractivity contribution is 7.89. The zero-order valence-electron chi connectivity index (χ0n) is 11.0. The minimum absolute atomic E-state index is 0.0295. The molecule has 0 heterocycles. The summed E-state index contributed by atoms with van der Waals surface area (Å²) in [4.78, 5) is 0.0295. The van der Waals surface area contributed by atoms with E-state index in [0.717, 1.165) is 0 Å². The first-order valence-electron chi connectivity index (χ1n) is 5.96. The Hall–Kier alpha value is -1.15. The van der Waals surface area contributed by atoms with Gasteiger partial charge in [-0.3, -0.25) is 0 Å². The average Bonchev–Trinajstić information content (AvgIpc) is 2.33. The van der Waals surface area contributed by atoms with Crippen molar-refractivity contribution in [2.24, 2.45) is 5.14 Å². The standard InChI is InChI=1S/C12H20N2O4S/c1-9(2)14-7-10(15)8-18-11-3-5-12(6-4-11)19(13,16)17/h3-6,9-10,14-15H,7-8H2,1-2H3,(H2,13,16,17)/t10-/m0/s1. The van der Waals surface area contributed by atoms with E-state index < -0.39 is 16.1 Å². The van der Waals surface area contributed by atoms with Gasteiger partial charge >= 0.3 is 0 Å². The molecule has 0 saturated heterocycles. The van der Waals surface area contributed by atoms with Crippen molar-refractivity contribution in [2.75, 3.05) is 13.2 Å². The summed E-state index contributed by atoms with van der Waals surface area (Å²) in [5, 5.41) is 17.7. The number of aliphatic hydroxyl groups excluding tert-OH is 1. The molecule has 0 aliphatic rings. The lowest BCUT2D eigenvalue weighted by Crippen LogP contribution is -2.35. The number of nitrogens with two attached hydrogens (primary N) is 1. The molecule has 1 atom stereocenters. The Morgan fingerprint density at radius 3 is 2.37 bits per heavy atom. The number of rotatable bonds is 7. The third-order valence-electron chi connectivity index (χ3n) is 2.36. The van der Waals surface area contributed by atoms with E-state index in [1.54, 1.807) is 0 Å². The maximum absolute atomic E-state index is 11.0. The maximum Gasteiger partial charge on any atom is 0.238 e. The zero-order chi connectivity index (χ0) is 14.5. The van der Waals surface area contributed by atoms with Gasteiger partial charge in [0.2, 0.25) is 10.0 Å². The van der Waals surface area contributed by atoms with Crippen LogP contribution in [0.5, 0.6) is 5.75 Å². The van der Waals surface area contributed by atoms with Crippen LogP contribution in [0, 0.1) is 0 Å². The fraction of sp³-hybridized carbons (Fsp3) is 0.500. The second-order valence-electron chi connectivity index (χ2n) is 4.54. The van der Waals surface area contributed by atoms with Crippen LogP contribution in [0.25, 0.3) is 0 Å². The lowest BCUT2D eigenvalue weighted by atomic mass is 10.3. The van der Waals surface area contributed by atoms with Crippen LogP contribution in [-0.2, 0) is 10.0 Å². The molecule has 0 unspecified atom stereocenters. The number of ether oxygens (including phenoxy) is 1. The first-order chi connectivity index (χ1) is 8.79. The molecule has 7 heteroatoms. The van der Waals surface area contributed by atoms with Gasteiger partial charge in [-0.2, -0.15) is 0 Å². The molecule has 1 rings (SSSR count). The van der Waals surface area contributed by atoms with Crippen molar-refractivity contribution < 1.29 is 18.3 Å². The van der Waals surface area contributed by atoms with Gasteiger partial charge in [-0.25, -0.2) is 13.6 Å². The topological polar surface area (TPSA) is 102 Å². The number of sulfonamides is 1. The Labute approximate surface area is 113 Å². The summed E-state index contributed by atoms with van der Waals surface area (Å²) in [6, 6.07) is 6.03. The van der Waals surface area contributed by atoms with Crippen molar-refractivity contribution in [3.05, 3.63) is 24.3 Å². The van der Waals surface area contributed by atoms with Crippen molar-refractivity contribution in [2.45, 2.75) is 30.9 Å². The molecule has 6 nitrogen and oxygen atoms in total. The van der Waals surface area contributed by atoms with Crippen LogP contribution >= 0.6 is 0 Å². The molecule has 1 aromatic carbocycles. The minimum Gasteiger partial charge on any atom is -0.491 e. The lowest BCUT2D eigenvalue weighted by molar-refractivity contribution is 0.104. The molecule has 0 aromatic heterocycles. The maximum atomic E-state index is 11.0.